The standard InChI is InChI=1S/C18H34N4O6/c1-8(2)7-12(15(24)20-10(5)18(27)28)21-17(26)14(9(3)4)22-16(25)13(19)11(6)23/h8-14,23H,7,19H2,1-6H3,(H,20,24)(H,21,26)(H,22,25)(H,27,28)/t10-,11?,12+,13+,14+/m1/s1. The normalized spacial score (nSPS) is 16.6. The summed E-state index contributed by atoms with van der Waals surface area (Å²) < 4.78 is 0. The summed E-state index contributed by atoms with van der Waals surface area (Å²) in [6.45, 7) is 9.82. The quantitative estimate of drug-likeness (QED) is 0.256. The van der Waals surface area contributed by atoms with E-state index >= 15 is 0 Å². The summed E-state index contributed by atoms with van der Waals surface area (Å²) in [4.78, 5) is 48.2. The number of carboxylic acids is 1. The van der Waals surface area contributed by atoms with Gasteiger partial charge in [0.05, 0.1) is 6.10 Å². The molecule has 10 nitrogen and oxygen atoms in total. The van der Waals surface area contributed by atoms with Crippen molar-refractivity contribution < 1.29 is 29.4 Å². The van der Waals surface area contributed by atoms with Crippen LogP contribution in [0.5, 0.6) is 0 Å². The fraction of sp³-hybridized carbons (Fsp3) is 0.778. The molecule has 28 heavy (non-hydrogen) atoms. The molecule has 162 valence electrons. The number of aliphatic hydroxyl groups excluding tert-OH is 1. The van der Waals surface area contributed by atoms with E-state index in [0.717, 1.165) is 0 Å². The van der Waals surface area contributed by atoms with Crippen molar-refractivity contribution in [2.24, 2.45) is 17.6 Å². The minimum Gasteiger partial charge on any atom is -0.480 e. The van der Waals surface area contributed by atoms with Gasteiger partial charge in [-0.05, 0) is 32.1 Å². The van der Waals surface area contributed by atoms with Crippen molar-refractivity contribution in [2.75, 3.05) is 0 Å². The second-order valence-corrected chi connectivity index (χ2v) is 7.76. The van der Waals surface area contributed by atoms with E-state index in [-0.39, 0.29) is 18.3 Å². The molecule has 5 atom stereocenters. The fourth-order valence-corrected chi connectivity index (χ4v) is 2.34. The van der Waals surface area contributed by atoms with Crippen LogP contribution in [-0.2, 0) is 19.2 Å². The summed E-state index contributed by atoms with van der Waals surface area (Å²) in [6, 6.07) is -4.24. The van der Waals surface area contributed by atoms with Gasteiger partial charge in [0, 0.05) is 0 Å². The van der Waals surface area contributed by atoms with Crippen molar-refractivity contribution in [2.45, 2.75) is 78.2 Å². The van der Waals surface area contributed by atoms with Gasteiger partial charge in [-0.2, -0.15) is 0 Å². The van der Waals surface area contributed by atoms with Crippen LogP contribution in [0.2, 0.25) is 0 Å². The summed E-state index contributed by atoms with van der Waals surface area (Å²) in [6.07, 6.45) is -0.802. The molecule has 0 bridgehead atoms. The maximum Gasteiger partial charge on any atom is 0.325 e. The van der Waals surface area contributed by atoms with Crippen LogP contribution >= 0.6 is 0 Å². The second-order valence-electron chi connectivity index (χ2n) is 7.76. The number of nitrogens with one attached hydrogen (secondary N) is 3. The third-order valence-electron chi connectivity index (χ3n) is 4.14. The highest BCUT2D eigenvalue weighted by molar-refractivity contribution is 5.94. The van der Waals surface area contributed by atoms with Crippen molar-refractivity contribution >= 4 is 23.7 Å². The van der Waals surface area contributed by atoms with Gasteiger partial charge in [0.2, 0.25) is 17.7 Å². The second kappa shape index (κ2) is 11.6. The van der Waals surface area contributed by atoms with E-state index in [0.29, 0.717) is 0 Å². The van der Waals surface area contributed by atoms with Gasteiger partial charge in [0.25, 0.3) is 0 Å². The monoisotopic (exact) mass is 402 g/mol. The molecule has 0 aromatic heterocycles. The Balaban J connectivity index is 5.29. The molecular weight excluding hydrogens is 368 g/mol. The third-order valence-corrected chi connectivity index (χ3v) is 4.14. The van der Waals surface area contributed by atoms with E-state index in [4.69, 9.17) is 10.8 Å². The largest absolute Gasteiger partial charge is 0.480 e. The number of carbonyl (C=O) groups is 4. The molecule has 0 aliphatic heterocycles. The summed E-state index contributed by atoms with van der Waals surface area (Å²) in [7, 11) is 0. The maximum absolute atomic E-state index is 12.7. The average molecular weight is 402 g/mol. The van der Waals surface area contributed by atoms with E-state index in [1.807, 2.05) is 13.8 Å². The van der Waals surface area contributed by atoms with Gasteiger partial charge in [-0.1, -0.05) is 27.7 Å². The predicted octanol–water partition coefficient (Wildman–Crippen LogP) is -1.04. The lowest BCUT2D eigenvalue weighted by molar-refractivity contribution is -0.142. The molecule has 0 saturated heterocycles. The number of carbonyl (C=O) groups excluding carboxylic acids is 3. The summed E-state index contributed by atoms with van der Waals surface area (Å²) in [5, 5.41) is 25.8. The molecule has 0 aromatic rings. The maximum atomic E-state index is 12.7. The van der Waals surface area contributed by atoms with Crippen molar-refractivity contribution in [3.05, 3.63) is 0 Å². The number of aliphatic carboxylic acids is 1. The fourth-order valence-electron chi connectivity index (χ4n) is 2.34. The van der Waals surface area contributed by atoms with Crippen LogP contribution in [0.3, 0.4) is 0 Å². The number of amides is 3. The molecule has 0 saturated carbocycles. The first kappa shape index (κ1) is 25.8. The molecule has 0 rings (SSSR count). The van der Waals surface area contributed by atoms with Crippen LogP contribution in [-0.4, -0.2) is 64.2 Å². The van der Waals surface area contributed by atoms with Gasteiger partial charge in [-0.3, -0.25) is 19.2 Å². The van der Waals surface area contributed by atoms with E-state index < -0.39 is 54.0 Å². The van der Waals surface area contributed by atoms with Gasteiger partial charge in [-0.25, -0.2) is 0 Å². The van der Waals surface area contributed by atoms with Gasteiger partial charge in [-0.15, -0.1) is 0 Å². The number of rotatable bonds is 11. The Morgan fingerprint density at radius 3 is 1.79 bits per heavy atom. The number of hydrogen-bond acceptors (Lipinski definition) is 6. The minimum absolute atomic E-state index is 0.0481. The number of carboxylic acid groups (broad SMARTS) is 1. The van der Waals surface area contributed by atoms with Crippen LogP contribution in [0, 0.1) is 11.8 Å². The van der Waals surface area contributed by atoms with Crippen molar-refractivity contribution in [3.63, 3.8) is 0 Å². The molecule has 0 aliphatic rings. The Labute approximate surface area is 165 Å². The van der Waals surface area contributed by atoms with E-state index in [9.17, 15) is 24.3 Å². The Hall–Kier alpha value is -2.20. The number of hydrogen-bond donors (Lipinski definition) is 6. The van der Waals surface area contributed by atoms with Crippen molar-refractivity contribution in [1.82, 2.24) is 16.0 Å². The van der Waals surface area contributed by atoms with E-state index in [1.165, 1.54) is 13.8 Å². The lowest BCUT2D eigenvalue weighted by Crippen LogP contribution is -2.59. The molecule has 10 heteroatoms. The minimum atomic E-state index is -1.19. The highest BCUT2D eigenvalue weighted by atomic mass is 16.4. The van der Waals surface area contributed by atoms with Gasteiger partial charge in [0.15, 0.2) is 0 Å². The Morgan fingerprint density at radius 2 is 1.39 bits per heavy atom. The lowest BCUT2D eigenvalue weighted by Gasteiger charge is -2.27. The molecule has 0 heterocycles. The van der Waals surface area contributed by atoms with Gasteiger partial charge in [0.1, 0.15) is 24.2 Å². The summed E-state index contributed by atoms with van der Waals surface area (Å²) >= 11 is 0. The molecular formula is C18H34N4O6. The predicted molar refractivity (Wildman–Crippen MR) is 103 cm³/mol. The molecule has 0 aliphatic carbocycles. The Morgan fingerprint density at radius 1 is 0.857 bits per heavy atom. The SMILES string of the molecule is CC(C)C[C@H](NC(=O)[C@@H](NC(=O)[C@@H](N)C(C)O)C(C)C)C(=O)N[C@H](C)C(=O)O. The molecule has 0 fully saturated rings. The van der Waals surface area contributed by atoms with E-state index in [1.54, 1.807) is 13.8 Å². The molecule has 0 spiro atoms. The molecule has 3 amide bonds. The Bertz CT molecular complexity index is 564. The van der Waals surface area contributed by atoms with Gasteiger partial charge >= 0.3 is 5.97 Å². The topological polar surface area (TPSA) is 171 Å². The van der Waals surface area contributed by atoms with Crippen LogP contribution < -0.4 is 21.7 Å². The van der Waals surface area contributed by atoms with Crippen LogP contribution in [0.1, 0.15) is 48.0 Å². The first-order chi connectivity index (χ1) is 12.8. The number of nitrogens with two attached hydrogens (primary N) is 1. The highest BCUT2D eigenvalue weighted by Gasteiger charge is 2.31. The Kier molecular flexibility index (Phi) is 10.7. The molecule has 0 aromatic carbocycles. The van der Waals surface area contributed by atoms with Crippen LogP contribution in [0.15, 0.2) is 0 Å². The van der Waals surface area contributed by atoms with Crippen LogP contribution in [0.4, 0.5) is 0 Å². The van der Waals surface area contributed by atoms with Crippen LogP contribution in [0.25, 0.3) is 0 Å². The smallest absolute Gasteiger partial charge is 0.325 e. The molecule has 1 unspecified atom stereocenters. The van der Waals surface area contributed by atoms with Crippen molar-refractivity contribution in [3.8, 4) is 0 Å². The summed E-state index contributed by atoms with van der Waals surface area (Å²) in [5.41, 5.74) is 5.59. The lowest BCUT2D eigenvalue weighted by atomic mass is 9.99. The zero-order valence-electron chi connectivity index (χ0n) is 17.4. The van der Waals surface area contributed by atoms with Crippen molar-refractivity contribution in [1.29, 1.82) is 0 Å². The first-order valence-electron chi connectivity index (χ1n) is 9.35. The zero-order chi connectivity index (χ0) is 22.2. The molecule has 7 N–H and O–H groups in total. The average Bonchev–Trinajstić information content (AvgIpc) is 2.56. The molecule has 0 radical (unpaired) electrons. The van der Waals surface area contributed by atoms with Gasteiger partial charge < -0.3 is 31.9 Å². The summed E-state index contributed by atoms with van der Waals surface area (Å²) in [5.74, 6) is -3.36. The number of aliphatic hydroxyl groups is 1. The first-order valence-corrected chi connectivity index (χ1v) is 9.35. The highest BCUT2D eigenvalue weighted by Crippen LogP contribution is 2.09. The third kappa shape index (κ3) is 8.66. The van der Waals surface area contributed by atoms with E-state index in [2.05, 4.69) is 16.0 Å². The zero-order valence-corrected chi connectivity index (χ0v) is 17.4.